The maximum absolute atomic E-state index is 12.4. The van der Waals surface area contributed by atoms with Gasteiger partial charge in [-0.05, 0) is 0 Å². The molecule has 1 aliphatic rings. The van der Waals surface area contributed by atoms with Gasteiger partial charge >= 0.3 is 168 Å². The molecule has 1 N–H and O–H groups in total. The van der Waals surface area contributed by atoms with Crippen LogP contribution in [0.25, 0.3) is 0 Å². The molecule has 8 heteroatoms. The Labute approximate surface area is 166 Å². The number of hydrogen-bond acceptors (Lipinski definition) is 5. The molecule has 1 unspecified atom stereocenters. The molecule has 1 heterocycles. The van der Waals surface area contributed by atoms with E-state index >= 15 is 0 Å². The van der Waals surface area contributed by atoms with Crippen LogP contribution in [-0.4, -0.2) is 26.3 Å². The molecule has 0 spiro atoms. The van der Waals surface area contributed by atoms with Gasteiger partial charge in [-0.2, -0.15) is 0 Å². The second-order valence-corrected chi connectivity index (χ2v) is 15.2. The zero-order valence-electron chi connectivity index (χ0n) is 13.7. The van der Waals surface area contributed by atoms with E-state index in [4.69, 9.17) is 8.65 Å². The van der Waals surface area contributed by atoms with Gasteiger partial charge in [0.15, 0.2) is 0 Å². The molecule has 1 atom stereocenters. The van der Waals surface area contributed by atoms with Gasteiger partial charge in [-0.25, -0.2) is 0 Å². The molecule has 25 heavy (non-hydrogen) atoms. The van der Waals surface area contributed by atoms with Gasteiger partial charge < -0.3 is 0 Å². The fourth-order valence-electron chi connectivity index (χ4n) is 2.48. The van der Waals surface area contributed by atoms with E-state index in [-0.39, 0.29) is 0 Å². The van der Waals surface area contributed by atoms with E-state index in [1.54, 1.807) is 24.3 Å². The SMILES string of the molecule is C[S+](C)OI1(O)(OC(CI)c2ccccc2)OC(=O)c2ccccc21. The summed E-state index contributed by atoms with van der Waals surface area (Å²) in [7, 11) is 0. The molecule has 0 bridgehead atoms. The molecule has 1 aliphatic heterocycles. The summed E-state index contributed by atoms with van der Waals surface area (Å²) in [6.45, 7) is 0. The van der Waals surface area contributed by atoms with E-state index in [0.29, 0.717) is 13.6 Å². The molecule has 2 aromatic rings. The fourth-order valence-corrected chi connectivity index (χ4v) is 14.6. The van der Waals surface area contributed by atoms with Crippen LogP contribution in [0.15, 0.2) is 54.6 Å². The van der Waals surface area contributed by atoms with Crippen LogP contribution in [0.3, 0.4) is 0 Å². The summed E-state index contributed by atoms with van der Waals surface area (Å²) >= 11 is -4.02. The van der Waals surface area contributed by atoms with E-state index < -0.39 is 42.0 Å². The Hall–Kier alpha value is -0.400. The molecule has 0 radical (unpaired) electrons. The molecule has 0 saturated carbocycles. The third kappa shape index (κ3) is 3.69. The molecule has 0 amide bonds. The van der Waals surface area contributed by atoms with Crippen molar-refractivity contribution in [1.82, 2.24) is 0 Å². The Morgan fingerprint density at radius 2 is 1.80 bits per heavy atom. The van der Waals surface area contributed by atoms with Crippen molar-refractivity contribution in [3.05, 3.63) is 69.3 Å². The maximum atomic E-state index is 12.4. The second-order valence-electron chi connectivity index (χ2n) is 5.50. The van der Waals surface area contributed by atoms with Gasteiger partial charge in [0, 0.05) is 0 Å². The van der Waals surface area contributed by atoms with E-state index in [1.165, 1.54) is 0 Å². The summed E-state index contributed by atoms with van der Waals surface area (Å²) in [5, 5.41) is 0. The Morgan fingerprint density at radius 3 is 2.44 bits per heavy atom. The van der Waals surface area contributed by atoms with Gasteiger partial charge in [0.25, 0.3) is 0 Å². The third-order valence-corrected chi connectivity index (χ3v) is 14.4. The van der Waals surface area contributed by atoms with Gasteiger partial charge in [0.1, 0.15) is 0 Å². The predicted octanol–water partition coefficient (Wildman–Crippen LogP) is 4.26. The van der Waals surface area contributed by atoms with Crippen LogP contribution >= 0.6 is 41.3 Å². The van der Waals surface area contributed by atoms with Crippen molar-refractivity contribution in [1.29, 1.82) is 0 Å². The second kappa shape index (κ2) is 7.31. The molecule has 136 valence electrons. The summed E-state index contributed by atoms with van der Waals surface area (Å²) in [5.74, 6) is -0.599. The number of carbonyl (C=O) groups is 1. The van der Waals surface area contributed by atoms with Gasteiger partial charge in [0.2, 0.25) is 0 Å². The molecular formula is C17H19I2O5S+. The van der Waals surface area contributed by atoms with Crippen LogP contribution in [0.1, 0.15) is 22.0 Å². The first-order chi connectivity index (χ1) is 11.9. The number of alkyl halides is 1. The van der Waals surface area contributed by atoms with Crippen molar-refractivity contribution < 1.29 is 16.9 Å². The molecule has 3 rings (SSSR count). The summed E-state index contributed by atoms with van der Waals surface area (Å²) in [4.78, 5) is 12.4. The van der Waals surface area contributed by atoms with Crippen LogP contribution in [-0.2, 0) is 19.8 Å². The van der Waals surface area contributed by atoms with Gasteiger partial charge in [0.05, 0.1) is 0 Å². The van der Waals surface area contributed by atoms with E-state index in [1.807, 2.05) is 42.8 Å². The molecule has 0 aromatic heterocycles. The monoisotopic (exact) mass is 589 g/mol. The predicted molar refractivity (Wildman–Crippen MR) is 116 cm³/mol. The average Bonchev–Trinajstić information content (AvgIpc) is 2.82. The summed E-state index contributed by atoms with van der Waals surface area (Å²) < 4.78 is 30.3. The first-order valence-corrected chi connectivity index (χ1v) is 15.6. The van der Waals surface area contributed by atoms with Crippen molar-refractivity contribution >= 4 is 58.4 Å². The molecule has 0 saturated heterocycles. The van der Waals surface area contributed by atoms with E-state index in [2.05, 4.69) is 22.6 Å². The number of hydrogen-bond donors (Lipinski definition) is 1. The van der Waals surface area contributed by atoms with E-state index in [0.717, 1.165) is 5.56 Å². The third-order valence-electron chi connectivity index (χ3n) is 3.45. The van der Waals surface area contributed by atoms with Gasteiger partial charge in [-0.3, -0.25) is 0 Å². The Bertz CT molecular complexity index is 788. The fraction of sp³-hybridized carbons (Fsp3) is 0.235. The molecule has 0 aliphatic carbocycles. The number of fused-ring (bicyclic) bond motifs is 1. The van der Waals surface area contributed by atoms with Crippen molar-refractivity contribution in [2.45, 2.75) is 6.10 Å². The zero-order chi connectivity index (χ0) is 18.1. The van der Waals surface area contributed by atoms with Crippen LogP contribution in [0.5, 0.6) is 0 Å². The van der Waals surface area contributed by atoms with Crippen molar-refractivity contribution in [2.24, 2.45) is 0 Å². The molecule has 0 fully saturated rings. The average molecular weight is 589 g/mol. The zero-order valence-corrected chi connectivity index (χ0v) is 18.9. The van der Waals surface area contributed by atoms with Gasteiger partial charge in [-0.15, -0.1) is 0 Å². The van der Waals surface area contributed by atoms with Crippen molar-refractivity contribution in [3.8, 4) is 0 Å². The van der Waals surface area contributed by atoms with Crippen molar-refractivity contribution in [3.63, 3.8) is 0 Å². The minimum absolute atomic E-state index is 0.310. The summed E-state index contributed by atoms with van der Waals surface area (Å²) in [6.07, 6.45) is 3.16. The van der Waals surface area contributed by atoms with Gasteiger partial charge in [-0.1, -0.05) is 0 Å². The number of halogens is 2. The van der Waals surface area contributed by atoms with Crippen LogP contribution in [0.2, 0.25) is 0 Å². The van der Waals surface area contributed by atoms with E-state index in [9.17, 15) is 8.23 Å². The molecular weight excluding hydrogens is 570 g/mol. The van der Waals surface area contributed by atoms with Crippen LogP contribution in [0, 0.1) is 3.57 Å². The molecule has 5 nitrogen and oxygen atoms in total. The minimum atomic E-state index is -5.56. The first kappa shape index (κ1) is 19.4. The topological polar surface area (TPSA) is 65.0 Å². The molecule has 2 aromatic carbocycles. The Kier molecular flexibility index (Phi) is 5.66. The Morgan fingerprint density at radius 1 is 1.16 bits per heavy atom. The number of benzene rings is 2. The Balaban J connectivity index is 2.10. The summed E-state index contributed by atoms with van der Waals surface area (Å²) in [5.41, 5.74) is 1.20. The number of carbonyl (C=O) groups excluding carboxylic acids is 1. The standard InChI is InChI=1S/C17H19I2O5S/c1-25(2)24-19(21,15-11-7-6-10-14(15)17(20)23-19)22-16(12-18)13-8-4-3-5-9-13/h3-11,16,21H,12H2,1-2H3/q+1. The normalized spacial score (nSPS) is 20.4. The van der Waals surface area contributed by atoms with Crippen LogP contribution < -0.4 is 0 Å². The number of rotatable bonds is 6. The summed E-state index contributed by atoms with van der Waals surface area (Å²) in [6, 6.07) is 16.3. The first-order valence-electron chi connectivity index (χ1n) is 7.40. The quantitative estimate of drug-likeness (QED) is 0.310. The van der Waals surface area contributed by atoms with Crippen LogP contribution in [0.4, 0.5) is 0 Å². The van der Waals surface area contributed by atoms with Crippen molar-refractivity contribution in [2.75, 3.05) is 16.9 Å².